The maximum Gasteiger partial charge on any atom is 0.127 e. The van der Waals surface area contributed by atoms with Crippen molar-refractivity contribution in [3.63, 3.8) is 0 Å². The van der Waals surface area contributed by atoms with Crippen molar-refractivity contribution in [1.82, 2.24) is 4.90 Å². The topological polar surface area (TPSA) is 23.5 Å². The predicted octanol–water partition coefficient (Wildman–Crippen LogP) is 2.87. The Morgan fingerprint density at radius 3 is 2.89 bits per heavy atom. The summed E-state index contributed by atoms with van der Waals surface area (Å²) in [4.78, 5) is 2.20. The van der Waals surface area contributed by atoms with Gasteiger partial charge in [0.1, 0.15) is 5.82 Å². The molecule has 1 aliphatic rings. The van der Waals surface area contributed by atoms with E-state index in [4.69, 9.17) is 11.6 Å². The number of halogens is 2. The predicted molar refractivity (Wildman–Crippen MR) is 71.4 cm³/mol. The van der Waals surface area contributed by atoms with Crippen molar-refractivity contribution in [2.24, 2.45) is 0 Å². The lowest BCUT2D eigenvalue weighted by molar-refractivity contribution is 0.0255. The van der Waals surface area contributed by atoms with Crippen LogP contribution in [-0.4, -0.2) is 35.7 Å². The molecule has 0 aromatic heterocycles. The maximum atomic E-state index is 13.7. The van der Waals surface area contributed by atoms with E-state index in [2.05, 4.69) is 11.9 Å². The highest BCUT2D eigenvalue weighted by atomic mass is 35.5. The lowest BCUT2D eigenvalue weighted by atomic mass is 9.87. The summed E-state index contributed by atoms with van der Waals surface area (Å²) < 4.78 is 13.7. The first kappa shape index (κ1) is 13.8. The van der Waals surface area contributed by atoms with Gasteiger partial charge in [0.25, 0.3) is 0 Å². The molecule has 1 aromatic rings. The Morgan fingerprint density at radius 1 is 1.39 bits per heavy atom. The highest BCUT2D eigenvalue weighted by Crippen LogP contribution is 2.27. The number of benzene rings is 1. The average molecular weight is 272 g/mol. The fourth-order valence-electron chi connectivity index (χ4n) is 2.51. The molecule has 0 bridgehead atoms. The number of rotatable bonds is 2. The summed E-state index contributed by atoms with van der Waals surface area (Å²) in [6, 6.07) is 4.65. The lowest BCUT2D eigenvalue weighted by Gasteiger charge is -2.27. The van der Waals surface area contributed by atoms with Crippen LogP contribution in [0, 0.1) is 5.82 Å². The number of hydrogen-bond donors (Lipinski definition) is 1. The van der Waals surface area contributed by atoms with Gasteiger partial charge in [-0.15, -0.1) is 0 Å². The molecule has 0 radical (unpaired) electrons. The van der Waals surface area contributed by atoms with E-state index in [0.29, 0.717) is 23.4 Å². The molecule has 0 aliphatic carbocycles. The highest BCUT2D eigenvalue weighted by Gasteiger charge is 2.30. The van der Waals surface area contributed by atoms with Crippen LogP contribution < -0.4 is 0 Å². The van der Waals surface area contributed by atoms with Crippen LogP contribution in [0.1, 0.15) is 24.8 Å². The third kappa shape index (κ3) is 3.44. The van der Waals surface area contributed by atoms with Gasteiger partial charge >= 0.3 is 0 Å². The summed E-state index contributed by atoms with van der Waals surface area (Å²) in [6.45, 7) is 1.84. The summed E-state index contributed by atoms with van der Waals surface area (Å²) in [6.07, 6.45) is 2.72. The van der Waals surface area contributed by atoms with Crippen LogP contribution in [0.3, 0.4) is 0 Å². The summed E-state index contributed by atoms with van der Waals surface area (Å²) in [5.41, 5.74) is -0.245. The molecule has 4 heteroatoms. The second kappa shape index (κ2) is 5.55. The van der Waals surface area contributed by atoms with Gasteiger partial charge < -0.3 is 10.0 Å². The molecule has 1 N–H and O–H groups in total. The van der Waals surface area contributed by atoms with Gasteiger partial charge in [0.15, 0.2) is 0 Å². The van der Waals surface area contributed by atoms with Crippen molar-refractivity contribution in [1.29, 1.82) is 0 Å². The van der Waals surface area contributed by atoms with Crippen LogP contribution in [0.15, 0.2) is 18.2 Å². The molecule has 1 atom stereocenters. The molecule has 2 nitrogen and oxygen atoms in total. The molecule has 1 saturated heterocycles. The molecule has 1 aliphatic heterocycles. The van der Waals surface area contributed by atoms with Crippen molar-refractivity contribution in [2.75, 3.05) is 20.1 Å². The molecule has 100 valence electrons. The van der Waals surface area contributed by atoms with Crippen LogP contribution in [-0.2, 0) is 6.42 Å². The second-order valence-electron chi connectivity index (χ2n) is 5.29. The first-order chi connectivity index (χ1) is 8.48. The molecule has 0 saturated carbocycles. The van der Waals surface area contributed by atoms with Gasteiger partial charge in [-0.3, -0.25) is 0 Å². The Kier molecular flexibility index (Phi) is 4.25. The van der Waals surface area contributed by atoms with Crippen molar-refractivity contribution in [3.8, 4) is 0 Å². The first-order valence-corrected chi connectivity index (χ1v) is 6.71. The Hall–Kier alpha value is -0.640. The number of likely N-dealkylation sites (tertiary alicyclic amines) is 1. The lowest BCUT2D eigenvalue weighted by Crippen LogP contribution is -2.33. The Morgan fingerprint density at radius 2 is 2.17 bits per heavy atom. The van der Waals surface area contributed by atoms with Crippen LogP contribution in [0.4, 0.5) is 4.39 Å². The van der Waals surface area contributed by atoms with E-state index >= 15 is 0 Å². The van der Waals surface area contributed by atoms with E-state index in [9.17, 15) is 9.50 Å². The zero-order valence-electron chi connectivity index (χ0n) is 10.6. The number of aliphatic hydroxyl groups is 1. The number of hydrogen-bond acceptors (Lipinski definition) is 2. The summed E-state index contributed by atoms with van der Waals surface area (Å²) >= 11 is 5.73. The zero-order chi connectivity index (χ0) is 13.2. The molecule has 1 unspecified atom stereocenters. The van der Waals surface area contributed by atoms with Crippen LogP contribution >= 0.6 is 11.6 Å². The summed E-state index contributed by atoms with van der Waals surface area (Å²) in [7, 11) is 2.05. The van der Waals surface area contributed by atoms with Gasteiger partial charge in [-0.05, 0) is 50.6 Å². The van der Waals surface area contributed by atoms with Gasteiger partial charge in [-0.25, -0.2) is 4.39 Å². The molecule has 1 heterocycles. The second-order valence-corrected chi connectivity index (χ2v) is 5.73. The third-order valence-corrected chi connectivity index (χ3v) is 3.91. The number of nitrogens with zero attached hydrogens (tertiary/aromatic N) is 1. The van der Waals surface area contributed by atoms with Gasteiger partial charge in [-0.2, -0.15) is 0 Å². The maximum absolute atomic E-state index is 13.7. The highest BCUT2D eigenvalue weighted by molar-refractivity contribution is 6.30. The fourth-order valence-corrected chi connectivity index (χ4v) is 2.67. The quantitative estimate of drug-likeness (QED) is 0.894. The normalized spacial score (nSPS) is 26.0. The van der Waals surface area contributed by atoms with Crippen molar-refractivity contribution in [3.05, 3.63) is 34.6 Å². The zero-order valence-corrected chi connectivity index (χ0v) is 11.4. The molecule has 1 fully saturated rings. The molecule has 1 aromatic carbocycles. The van der Waals surface area contributed by atoms with E-state index in [-0.39, 0.29) is 5.82 Å². The van der Waals surface area contributed by atoms with E-state index in [0.717, 1.165) is 25.9 Å². The van der Waals surface area contributed by atoms with E-state index < -0.39 is 5.60 Å². The van der Waals surface area contributed by atoms with Gasteiger partial charge in [-0.1, -0.05) is 17.7 Å². The first-order valence-electron chi connectivity index (χ1n) is 6.33. The third-order valence-electron chi connectivity index (χ3n) is 3.68. The van der Waals surface area contributed by atoms with E-state index in [1.807, 2.05) is 0 Å². The van der Waals surface area contributed by atoms with Crippen molar-refractivity contribution in [2.45, 2.75) is 31.3 Å². The molecule has 18 heavy (non-hydrogen) atoms. The molecular formula is C14H19ClFNO. The van der Waals surface area contributed by atoms with E-state index in [1.54, 1.807) is 12.1 Å². The van der Waals surface area contributed by atoms with Crippen LogP contribution in [0.5, 0.6) is 0 Å². The van der Waals surface area contributed by atoms with Gasteiger partial charge in [0, 0.05) is 18.0 Å². The Balaban J connectivity index is 2.11. The van der Waals surface area contributed by atoms with Gasteiger partial charge in [0.2, 0.25) is 0 Å². The van der Waals surface area contributed by atoms with Crippen molar-refractivity contribution < 1.29 is 9.50 Å². The average Bonchev–Trinajstić information content (AvgIpc) is 2.46. The monoisotopic (exact) mass is 271 g/mol. The minimum Gasteiger partial charge on any atom is -0.389 e. The molecular weight excluding hydrogens is 253 g/mol. The largest absolute Gasteiger partial charge is 0.389 e. The Bertz CT molecular complexity index is 426. The van der Waals surface area contributed by atoms with Gasteiger partial charge in [0.05, 0.1) is 5.60 Å². The minimum absolute atomic E-state index is 0.325. The minimum atomic E-state index is -0.792. The Labute approximate surface area is 112 Å². The molecule has 0 spiro atoms. The summed E-state index contributed by atoms with van der Waals surface area (Å²) in [5.74, 6) is -0.325. The van der Waals surface area contributed by atoms with Crippen LogP contribution in [0.25, 0.3) is 0 Å². The SMILES string of the molecule is CN1CCCC(O)(Cc2ccc(Cl)cc2F)CC1. The smallest absolute Gasteiger partial charge is 0.127 e. The van der Waals surface area contributed by atoms with Crippen molar-refractivity contribution >= 4 is 11.6 Å². The summed E-state index contributed by atoms with van der Waals surface area (Å²) in [5, 5.41) is 11.0. The van der Waals surface area contributed by atoms with Crippen LogP contribution in [0.2, 0.25) is 5.02 Å². The fraction of sp³-hybridized carbons (Fsp3) is 0.571. The molecule has 0 amide bonds. The standard InChI is InChI=1S/C14H19ClFNO/c1-17-7-2-5-14(18,6-8-17)10-11-3-4-12(15)9-13(11)16/h3-4,9,18H,2,5-8,10H2,1H3. The molecule has 2 rings (SSSR count). The van der Waals surface area contributed by atoms with E-state index in [1.165, 1.54) is 6.07 Å².